The van der Waals surface area contributed by atoms with Crippen molar-refractivity contribution in [3.05, 3.63) is 40.3 Å². The second-order valence-electron chi connectivity index (χ2n) is 5.40. The van der Waals surface area contributed by atoms with E-state index >= 15 is 0 Å². The van der Waals surface area contributed by atoms with Crippen LogP contribution in [0.3, 0.4) is 0 Å². The van der Waals surface area contributed by atoms with Crippen molar-refractivity contribution < 1.29 is 0 Å². The molecule has 0 aliphatic heterocycles. The molecule has 0 spiro atoms. The highest BCUT2D eigenvalue weighted by atomic mass is 79.9. The maximum Gasteiger partial charge on any atom is 0.114 e. The molecule has 1 saturated carbocycles. The molecule has 1 heterocycles. The first-order valence-corrected chi connectivity index (χ1v) is 7.47. The molecule has 0 bridgehead atoms. The van der Waals surface area contributed by atoms with Crippen LogP contribution in [0.2, 0.25) is 0 Å². The van der Waals surface area contributed by atoms with Crippen molar-refractivity contribution in [3.63, 3.8) is 0 Å². The number of nitrogens with two attached hydrogens (primary N) is 1. The van der Waals surface area contributed by atoms with Crippen LogP contribution in [0.25, 0.3) is 11.3 Å². The van der Waals surface area contributed by atoms with E-state index in [-0.39, 0.29) is 5.41 Å². The number of nitrogens with zero attached hydrogens (tertiary/aromatic N) is 1. The molecule has 1 aromatic carbocycles. The first-order valence-electron chi connectivity index (χ1n) is 6.68. The highest BCUT2D eigenvalue weighted by Crippen LogP contribution is 2.42. The van der Waals surface area contributed by atoms with Gasteiger partial charge in [-0.15, -0.1) is 0 Å². The summed E-state index contributed by atoms with van der Waals surface area (Å²) in [5, 5.41) is 0. The normalized spacial score (nSPS) is 17.2. The Morgan fingerprint density at radius 3 is 2.53 bits per heavy atom. The SMILES string of the molecule is Cc1[nH]c(C2(CN)CCC2)nc1-c1ccc(Br)cc1. The summed E-state index contributed by atoms with van der Waals surface area (Å²) in [6.07, 6.45) is 3.55. The van der Waals surface area contributed by atoms with Gasteiger partial charge in [0.25, 0.3) is 0 Å². The van der Waals surface area contributed by atoms with Gasteiger partial charge in [-0.3, -0.25) is 0 Å². The lowest BCUT2D eigenvalue weighted by Crippen LogP contribution is -2.42. The Balaban J connectivity index is 2.00. The molecule has 0 radical (unpaired) electrons. The summed E-state index contributed by atoms with van der Waals surface area (Å²) in [7, 11) is 0. The molecule has 3 rings (SSSR count). The third-order valence-corrected chi connectivity index (χ3v) is 4.73. The Hall–Kier alpha value is -1.13. The highest BCUT2D eigenvalue weighted by molar-refractivity contribution is 9.10. The summed E-state index contributed by atoms with van der Waals surface area (Å²) < 4.78 is 1.09. The standard InChI is InChI=1S/C15H18BrN3/c1-10-13(11-3-5-12(16)6-4-11)19-14(18-10)15(9-17)7-2-8-15/h3-6H,2,7-9,17H2,1H3,(H,18,19). The van der Waals surface area contributed by atoms with Gasteiger partial charge in [0.2, 0.25) is 0 Å². The number of halogens is 1. The minimum absolute atomic E-state index is 0.0956. The van der Waals surface area contributed by atoms with E-state index in [0.717, 1.165) is 40.1 Å². The van der Waals surface area contributed by atoms with Crippen LogP contribution in [0.1, 0.15) is 30.8 Å². The maximum atomic E-state index is 5.95. The van der Waals surface area contributed by atoms with Gasteiger partial charge >= 0.3 is 0 Å². The van der Waals surface area contributed by atoms with Gasteiger partial charge in [-0.25, -0.2) is 4.98 Å². The van der Waals surface area contributed by atoms with Crippen LogP contribution in [0.15, 0.2) is 28.7 Å². The summed E-state index contributed by atoms with van der Waals surface area (Å²) in [6, 6.07) is 8.27. The van der Waals surface area contributed by atoms with E-state index in [1.807, 2.05) is 12.1 Å². The lowest BCUT2D eigenvalue weighted by molar-refractivity contribution is 0.239. The molecule has 0 amide bonds. The van der Waals surface area contributed by atoms with Crippen LogP contribution in [0.5, 0.6) is 0 Å². The largest absolute Gasteiger partial charge is 0.345 e. The summed E-state index contributed by atoms with van der Waals surface area (Å²) in [5.41, 5.74) is 9.36. The fourth-order valence-corrected chi connectivity index (χ4v) is 3.01. The summed E-state index contributed by atoms with van der Waals surface area (Å²) in [4.78, 5) is 8.27. The van der Waals surface area contributed by atoms with E-state index in [4.69, 9.17) is 10.7 Å². The van der Waals surface area contributed by atoms with Crippen molar-refractivity contribution >= 4 is 15.9 Å². The van der Waals surface area contributed by atoms with Crippen molar-refractivity contribution in [1.82, 2.24) is 9.97 Å². The molecule has 3 nitrogen and oxygen atoms in total. The van der Waals surface area contributed by atoms with E-state index in [2.05, 4.69) is 40.0 Å². The quantitative estimate of drug-likeness (QED) is 0.909. The van der Waals surface area contributed by atoms with Crippen molar-refractivity contribution in [3.8, 4) is 11.3 Å². The molecular formula is C15H18BrN3. The van der Waals surface area contributed by atoms with Crippen molar-refractivity contribution in [1.29, 1.82) is 0 Å². The summed E-state index contributed by atoms with van der Waals surface area (Å²) in [5.74, 6) is 1.07. The van der Waals surface area contributed by atoms with Gasteiger partial charge in [-0.05, 0) is 31.9 Å². The average molecular weight is 320 g/mol. The van der Waals surface area contributed by atoms with Crippen LogP contribution >= 0.6 is 15.9 Å². The van der Waals surface area contributed by atoms with Crippen LogP contribution in [0, 0.1) is 6.92 Å². The van der Waals surface area contributed by atoms with Crippen LogP contribution in [0.4, 0.5) is 0 Å². The Kier molecular flexibility index (Phi) is 3.23. The molecule has 1 aliphatic rings. The number of rotatable bonds is 3. The fourth-order valence-electron chi connectivity index (χ4n) is 2.74. The topological polar surface area (TPSA) is 54.7 Å². The lowest BCUT2D eigenvalue weighted by atomic mass is 9.68. The molecule has 1 aromatic heterocycles. The van der Waals surface area contributed by atoms with Crippen LogP contribution in [-0.2, 0) is 5.41 Å². The minimum atomic E-state index is 0.0956. The highest BCUT2D eigenvalue weighted by Gasteiger charge is 2.40. The number of imidazole rings is 1. The molecular weight excluding hydrogens is 302 g/mol. The van der Waals surface area contributed by atoms with Gasteiger partial charge in [0.05, 0.1) is 5.69 Å². The zero-order chi connectivity index (χ0) is 13.5. The molecule has 0 saturated heterocycles. The summed E-state index contributed by atoms with van der Waals surface area (Å²) >= 11 is 3.46. The first kappa shape index (κ1) is 12.9. The molecule has 100 valence electrons. The van der Waals surface area contributed by atoms with Gasteiger partial charge < -0.3 is 10.7 Å². The molecule has 1 aliphatic carbocycles. The van der Waals surface area contributed by atoms with E-state index in [1.54, 1.807) is 0 Å². The van der Waals surface area contributed by atoms with Gasteiger partial charge in [0.15, 0.2) is 0 Å². The van der Waals surface area contributed by atoms with E-state index < -0.39 is 0 Å². The van der Waals surface area contributed by atoms with Crippen molar-refractivity contribution in [2.75, 3.05) is 6.54 Å². The average Bonchev–Trinajstić information content (AvgIpc) is 2.72. The predicted octanol–water partition coefficient (Wildman–Crippen LogP) is 3.53. The predicted molar refractivity (Wildman–Crippen MR) is 81.0 cm³/mol. The molecule has 3 N–H and O–H groups in total. The Morgan fingerprint density at radius 1 is 1.32 bits per heavy atom. The molecule has 0 atom stereocenters. The molecule has 19 heavy (non-hydrogen) atoms. The Morgan fingerprint density at radius 2 is 2.00 bits per heavy atom. The third kappa shape index (κ3) is 2.13. The van der Waals surface area contributed by atoms with Crippen LogP contribution < -0.4 is 5.73 Å². The number of benzene rings is 1. The van der Waals surface area contributed by atoms with Crippen molar-refractivity contribution in [2.24, 2.45) is 5.73 Å². The first-order chi connectivity index (χ1) is 9.14. The molecule has 1 fully saturated rings. The third-order valence-electron chi connectivity index (χ3n) is 4.21. The number of aryl methyl sites for hydroxylation is 1. The number of H-pyrrole nitrogens is 1. The maximum absolute atomic E-state index is 5.95. The lowest BCUT2D eigenvalue weighted by Gasteiger charge is -2.39. The molecule has 2 aromatic rings. The van der Waals surface area contributed by atoms with E-state index in [9.17, 15) is 0 Å². The Labute approximate surface area is 121 Å². The number of hydrogen-bond acceptors (Lipinski definition) is 2. The smallest absolute Gasteiger partial charge is 0.114 e. The number of nitrogens with one attached hydrogen (secondary N) is 1. The molecule has 4 heteroatoms. The fraction of sp³-hybridized carbons (Fsp3) is 0.400. The van der Waals surface area contributed by atoms with Crippen LogP contribution in [-0.4, -0.2) is 16.5 Å². The second-order valence-corrected chi connectivity index (χ2v) is 6.32. The van der Waals surface area contributed by atoms with Crippen molar-refractivity contribution in [2.45, 2.75) is 31.6 Å². The summed E-state index contributed by atoms with van der Waals surface area (Å²) in [6.45, 7) is 2.76. The van der Waals surface area contributed by atoms with Gasteiger partial charge in [0, 0.05) is 27.7 Å². The van der Waals surface area contributed by atoms with E-state index in [1.165, 1.54) is 6.42 Å². The number of aromatic nitrogens is 2. The zero-order valence-corrected chi connectivity index (χ0v) is 12.6. The zero-order valence-electron chi connectivity index (χ0n) is 11.0. The molecule has 0 unspecified atom stereocenters. The minimum Gasteiger partial charge on any atom is -0.345 e. The van der Waals surface area contributed by atoms with Gasteiger partial charge in [-0.2, -0.15) is 0 Å². The Bertz CT molecular complexity index is 576. The second kappa shape index (κ2) is 4.76. The van der Waals surface area contributed by atoms with Gasteiger partial charge in [-0.1, -0.05) is 34.5 Å². The van der Waals surface area contributed by atoms with Gasteiger partial charge in [0.1, 0.15) is 5.82 Å². The monoisotopic (exact) mass is 319 g/mol. The number of hydrogen-bond donors (Lipinski definition) is 2. The van der Waals surface area contributed by atoms with E-state index in [0.29, 0.717) is 6.54 Å². The number of aromatic amines is 1.